The summed E-state index contributed by atoms with van der Waals surface area (Å²) < 4.78 is 16.4. The van der Waals surface area contributed by atoms with Crippen molar-refractivity contribution in [2.75, 3.05) is 0 Å². The fraction of sp³-hybridized carbons (Fsp3) is 0.0909. The Morgan fingerprint density at radius 1 is 1.22 bits per heavy atom. The Hall–Kier alpha value is 0.210. The van der Waals surface area contributed by atoms with Crippen LogP contribution in [0.5, 0.6) is 0 Å². The summed E-state index contributed by atoms with van der Waals surface area (Å²) in [6.07, 6.45) is 0. The molecular weight excluding hydrogens is 451 g/mol. The zero-order valence-electron chi connectivity index (χ0n) is 8.88. The van der Waals surface area contributed by atoms with Crippen molar-refractivity contribution in [3.63, 3.8) is 0 Å². The van der Waals surface area contributed by atoms with E-state index >= 15 is 0 Å². The molecule has 7 heteroatoms. The van der Waals surface area contributed by atoms with Gasteiger partial charge in [0.25, 0.3) is 0 Å². The predicted octanol–water partition coefficient (Wildman–Crippen LogP) is 4.73. The van der Waals surface area contributed by atoms with Crippen molar-refractivity contribution in [2.24, 2.45) is 5.84 Å². The largest absolute Gasteiger partial charge is 0.271 e. The summed E-state index contributed by atoms with van der Waals surface area (Å²) in [7, 11) is 0. The van der Waals surface area contributed by atoms with E-state index in [-0.39, 0.29) is 11.9 Å². The lowest BCUT2D eigenvalue weighted by Gasteiger charge is -2.16. The second-order valence-corrected chi connectivity index (χ2v) is 7.62. The molecule has 0 aliphatic carbocycles. The maximum Gasteiger partial charge on any atom is 0.142 e. The fourth-order valence-corrected chi connectivity index (χ4v) is 4.12. The molecule has 3 N–H and O–H groups in total. The van der Waals surface area contributed by atoms with E-state index in [2.05, 4.69) is 53.2 Å². The van der Waals surface area contributed by atoms with Gasteiger partial charge in [0.1, 0.15) is 5.82 Å². The number of halogens is 4. The molecule has 0 aliphatic rings. The van der Waals surface area contributed by atoms with E-state index < -0.39 is 0 Å². The second-order valence-electron chi connectivity index (χ2n) is 3.51. The highest BCUT2D eigenvalue weighted by Gasteiger charge is 2.20. The van der Waals surface area contributed by atoms with Gasteiger partial charge in [-0.15, -0.1) is 11.3 Å². The van der Waals surface area contributed by atoms with Crippen LogP contribution in [0.1, 0.15) is 16.5 Å². The van der Waals surface area contributed by atoms with Gasteiger partial charge in [-0.25, -0.2) is 9.82 Å². The highest BCUT2D eigenvalue weighted by molar-refractivity contribution is 9.13. The van der Waals surface area contributed by atoms with E-state index in [0.29, 0.717) is 10.0 Å². The highest BCUT2D eigenvalue weighted by Crippen LogP contribution is 2.38. The molecule has 1 aromatic heterocycles. The van der Waals surface area contributed by atoms with Gasteiger partial charge in [-0.2, -0.15) is 0 Å². The number of hydrogen-bond acceptors (Lipinski definition) is 3. The van der Waals surface area contributed by atoms with Gasteiger partial charge in [0.05, 0.1) is 14.3 Å². The number of thiophene rings is 1. The predicted molar refractivity (Wildman–Crippen MR) is 83.0 cm³/mol. The van der Waals surface area contributed by atoms with Crippen molar-refractivity contribution >= 4 is 59.1 Å². The Morgan fingerprint density at radius 3 is 2.50 bits per heavy atom. The van der Waals surface area contributed by atoms with Crippen LogP contribution in [0.2, 0.25) is 0 Å². The third kappa shape index (κ3) is 2.86. The van der Waals surface area contributed by atoms with Crippen LogP contribution in [0.15, 0.2) is 37.0 Å². The SMILES string of the molecule is NNC(c1cc(Br)c(Br)s1)c1cccc(Br)c1F. The van der Waals surface area contributed by atoms with E-state index in [1.54, 1.807) is 18.2 Å². The van der Waals surface area contributed by atoms with Crippen LogP contribution in [0, 0.1) is 5.82 Å². The molecule has 0 saturated carbocycles. The number of nitrogens with two attached hydrogens (primary N) is 1. The number of rotatable bonds is 3. The van der Waals surface area contributed by atoms with E-state index in [4.69, 9.17) is 5.84 Å². The molecule has 1 aromatic carbocycles. The molecule has 0 spiro atoms. The first kappa shape index (κ1) is 14.6. The monoisotopic (exact) mass is 456 g/mol. The maximum absolute atomic E-state index is 14.1. The molecule has 0 aliphatic heterocycles. The zero-order valence-corrected chi connectivity index (χ0v) is 14.5. The standard InChI is InChI=1S/C11H8Br3FN2S/c12-6-3-1-2-5(9(6)15)10(17-16)8-4-7(13)11(14)18-8/h1-4,10,17H,16H2. The van der Waals surface area contributed by atoms with Crippen LogP contribution in [0.25, 0.3) is 0 Å². The van der Waals surface area contributed by atoms with Gasteiger partial charge in [0.15, 0.2) is 0 Å². The van der Waals surface area contributed by atoms with Crippen molar-refractivity contribution in [3.8, 4) is 0 Å². The first-order chi connectivity index (χ1) is 8.54. The van der Waals surface area contributed by atoms with Gasteiger partial charge in [-0.05, 0) is 59.9 Å². The normalized spacial score (nSPS) is 12.7. The molecular formula is C11H8Br3FN2S. The second kappa shape index (κ2) is 6.11. The number of benzene rings is 1. The molecule has 0 radical (unpaired) electrons. The molecule has 1 unspecified atom stereocenters. The minimum absolute atomic E-state index is 0.305. The lowest BCUT2D eigenvalue weighted by molar-refractivity contribution is 0.560. The number of hydrazine groups is 1. The molecule has 0 bridgehead atoms. The van der Waals surface area contributed by atoms with Gasteiger partial charge in [-0.3, -0.25) is 5.84 Å². The smallest absolute Gasteiger partial charge is 0.142 e. The molecule has 0 amide bonds. The third-order valence-electron chi connectivity index (χ3n) is 2.41. The summed E-state index contributed by atoms with van der Waals surface area (Å²) in [5.74, 6) is 5.25. The lowest BCUT2D eigenvalue weighted by Crippen LogP contribution is -2.29. The van der Waals surface area contributed by atoms with E-state index in [1.807, 2.05) is 6.07 Å². The van der Waals surface area contributed by atoms with Gasteiger partial charge in [0.2, 0.25) is 0 Å². The molecule has 2 rings (SSSR count). The first-order valence-corrected chi connectivity index (χ1v) is 8.09. The van der Waals surface area contributed by atoms with Gasteiger partial charge < -0.3 is 0 Å². The Bertz CT molecular complexity index is 554. The Balaban J connectivity index is 2.48. The van der Waals surface area contributed by atoms with Crippen molar-refractivity contribution in [1.29, 1.82) is 0 Å². The van der Waals surface area contributed by atoms with E-state index in [0.717, 1.165) is 13.1 Å². The average molecular weight is 459 g/mol. The Labute approximate surface area is 133 Å². The first-order valence-electron chi connectivity index (χ1n) is 4.89. The minimum Gasteiger partial charge on any atom is -0.271 e. The van der Waals surface area contributed by atoms with Crippen LogP contribution >= 0.6 is 59.1 Å². The van der Waals surface area contributed by atoms with E-state index in [9.17, 15) is 4.39 Å². The van der Waals surface area contributed by atoms with Crippen molar-refractivity contribution in [3.05, 3.63) is 53.3 Å². The topological polar surface area (TPSA) is 38.0 Å². The highest BCUT2D eigenvalue weighted by atomic mass is 79.9. The zero-order chi connectivity index (χ0) is 13.3. The summed E-state index contributed by atoms with van der Waals surface area (Å²) >= 11 is 11.5. The van der Waals surface area contributed by atoms with Crippen LogP contribution < -0.4 is 11.3 Å². The van der Waals surface area contributed by atoms with Crippen LogP contribution in [0.4, 0.5) is 4.39 Å². The summed E-state index contributed by atoms with van der Waals surface area (Å²) in [4.78, 5) is 0.924. The molecule has 1 atom stereocenters. The molecule has 18 heavy (non-hydrogen) atoms. The van der Waals surface area contributed by atoms with Gasteiger partial charge in [-0.1, -0.05) is 12.1 Å². The summed E-state index contributed by atoms with van der Waals surface area (Å²) in [6, 6.07) is 6.69. The third-order valence-corrected chi connectivity index (χ3v) is 6.34. The van der Waals surface area contributed by atoms with E-state index in [1.165, 1.54) is 11.3 Å². The number of hydrogen-bond donors (Lipinski definition) is 2. The van der Waals surface area contributed by atoms with Crippen molar-refractivity contribution in [2.45, 2.75) is 6.04 Å². The summed E-state index contributed by atoms with van der Waals surface area (Å²) in [5.41, 5.74) is 3.16. The quantitative estimate of drug-likeness (QED) is 0.515. The molecule has 2 aromatic rings. The number of nitrogens with one attached hydrogen (secondary N) is 1. The Morgan fingerprint density at radius 2 is 1.94 bits per heavy atom. The maximum atomic E-state index is 14.1. The fourth-order valence-electron chi connectivity index (χ4n) is 1.57. The van der Waals surface area contributed by atoms with Crippen molar-refractivity contribution < 1.29 is 4.39 Å². The van der Waals surface area contributed by atoms with Gasteiger partial charge in [0, 0.05) is 14.9 Å². The van der Waals surface area contributed by atoms with Crippen LogP contribution in [-0.4, -0.2) is 0 Å². The lowest BCUT2D eigenvalue weighted by atomic mass is 10.1. The molecule has 0 saturated heterocycles. The molecule has 0 fully saturated rings. The summed E-state index contributed by atoms with van der Waals surface area (Å²) in [5, 5.41) is 0. The Kier molecular flexibility index (Phi) is 4.96. The van der Waals surface area contributed by atoms with Crippen molar-refractivity contribution in [1.82, 2.24) is 5.43 Å². The van der Waals surface area contributed by atoms with Gasteiger partial charge >= 0.3 is 0 Å². The molecule has 2 nitrogen and oxygen atoms in total. The minimum atomic E-state index is -0.380. The molecule has 96 valence electrons. The van der Waals surface area contributed by atoms with Crippen LogP contribution in [-0.2, 0) is 0 Å². The summed E-state index contributed by atoms with van der Waals surface area (Å²) in [6.45, 7) is 0. The molecule has 1 heterocycles. The van der Waals surface area contributed by atoms with Crippen LogP contribution in [0.3, 0.4) is 0 Å². The average Bonchev–Trinajstić information content (AvgIpc) is 2.66.